The highest BCUT2D eigenvalue weighted by Gasteiger charge is 2.29. The molecule has 0 aliphatic carbocycles. The van der Waals surface area contributed by atoms with Gasteiger partial charge in [0.25, 0.3) is 0 Å². The summed E-state index contributed by atoms with van der Waals surface area (Å²) in [5.41, 5.74) is 1.06. The summed E-state index contributed by atoms with van der Waals surface area (Å²) < 4.78 is 26.9. The minimum Gasteiger partial charge on any atom is -0.340 e. The van der Waals surface area contributed by atoms with Gasteiger partial charge in [-0.15, -0.1) is 0 Å². The average molecular weight is 353 g/mol. The molecule has 2 rings (SSSR count). The maximum atomic E-state index is 12.7. The summed E-state index contributed by atoms with van der Waals surface area (Å²) in [6, 6.07) is 7.01. The minimum absolute atomic E-state index is 0.0113. The Morgan fingerprint density at radius 1 is 1.08 bits per heavy atom. The van der Waals surface area contributed by atoms with Gasteiger partial charge in [0.2, 0.25) is 15.9 Å². The van der Waals surface area contributed by atoms with E-state index in [1.807, 2.05) is 12.1 Å². The molecule has 1 N–H and O–H groups in total. The van der Waals surface area contributed by atoms with E-state index >= 15 is 0 Å². The summed E-state index contributed by atoms with van der Waals surface area (Å²) in [7, 11) is -3.50. The van der Waals surface area contributed by atoms with E-state index in [1.165, 1.54) is 11.2 Å². The first-order valence-corrected chi connectivity index (χ1v) is 9.63. The molecule has 6 nitrogen and oxygen atoms in total. The maximum Gasteiger partial charge on any atom is 0.243 e. The Bertz CT molecular complexity index is 670. The van der Waals surface area contributed by atoms with E-state index < -0.39 is 10.0 Å². The maximum absolute atomic E-state index is 12.7. The molecule has 1 aromatic carbocycles. The second-order valence-electron chi connectivity index (χ2n) is 7.16. The molecule has 0 unspecified atom stereocenters. The van der Waals surface area contributed by atoms with Gasteiger partial charge in [0.1, 0.15) is 0 Å². The third-order valence-electron chi connectivity index (χ3n) is 4.07. The van der Waals surface area contributed by atoms with Crippen molar-refractivity contribution in [3.05, 3.63) is 29.8 Å². The predicted molar refractivity (Wildman–Crippen MR) is 94.0 cm³/mol. The molecule has 0 aromatic heterocycles. The number of benzene rings is 1. The zero-order valence-corrected chi connectivity index (χ0v) is 15.7. The van der Waals surface area contributed by atoms with Crippen LogP contribution < -0.4 is 5.32 Å². The van der Waals surface area contributed by atoms with Crippen LogP contribution in [-0.4, -0.2) is 55.2 Å². The number of piperazine rings is 1. The van der Waals surface area contributed by atoms with Gasteiger partial charge in [-0.3, -0.25) is 4.79 Å². The van der Waals surface area contributed by atoms with Crippen molar-refractivity contribution in [3.8, 4) is 0 Å². The molecule has 0 saturated carbocycles. The molecule has 7 heteroatoms. The van der Waals surface area contributed by atoms with Crippen molar-refractivity contribution in [3.63, 3.8) is 0 Å². The van der Waals surface area contributed by atoms with Crippen LogP contribution in [0.5, 0.6) is 0 Å². The number of rotatable bonds is 4. The number of amides is 1. The lowest BCUT2D eigenvalue weighted by molar-refractivity contribution is -0.129. The quantitative estimate of drug-likeness (QED) is 0.889. The highest BCUT2D eigenvalue weighted by atomic mass is 32.2. The van der Waals surface area contributed by atoms with Crippen LogP contribution in [0.2, 0.25) is 0 Å². The van der Waals surface area contributed by atoms with E-state index in [2.05, 4.69) is 26.1 Å². The molecule has 1 aliphatic heterocycles. The molecule has 0 spiro atoms. The number of carbonyl (C=O) groups is 1. The molecular formula is C17H27N3O3S. The van der Waals surface area contributed by atoms with E-state index in [4.69, 9.17) is 0 Å². The molecule has 1 aliphatic rings. The van der Waals surface area contributed by atoms with Gasteiger partial charge in [-0.05, 0) is 38.5 Å². The van der Waals surface area contributed by atoms with Crippen molar-refractivity contribution in [1.29, 1.82) is 0 Å². The second-order valence-corrected chi connectivity index (χ2v) is 9.10. The van der Waals surface area contributed by atoms with E-state index in [0.29, 0.717) is 37.6 Å². The van der Waals surface area contributed by atoms with Gasteiger partial charge in [0, 0.05) is 45.2 Å². The Hall–Kier alpha value is -1.44. The van der Waals surface area contributed by atoms with Crippen LogP contribution in [0.15, 0.2) is 29.2 Å². The Kier molecular flexibility index (Phi) is 5.67. The molecule has 1 heterocycles. The van der Waals surface area contributed by atoms with Gasteiger partial charge < -0.3 is 10.2 Å². The fourth-order valence-corrected chi connectivity index (χ4v) is 3.96. The van der Waals surface area contributed by atoms with Gasteiger partial charge in [0.15, 0.2) is 0 Å². The Labute approximate surface area is 144 Å². The predicted octanol–water partition coefficient (Wildman–Crippen LogP) is 1.43. The number of sulfonamides is 1. The van der Waals surface area contributed by atoms with Crippen LogP contribution in [0.1, 0.15) is 33.3 Å². The van der Waals surface area contributed by atoms with Crippen LogP contribution in [0.4, 0.5) is 0 Å². The van der Waals surface area contributed by atoms with Gasteiger partial charge in [-0.1, -0.05) is 12.1 Å². The first-order valence-electron chi connectivity index (χ1n) is 8.19. The van der Waals surface area contributed by atoms with Crippen molar-refractivity contribution in [2.24, 2.45) is 0 Å². The van der Waals surface area contributed by atoms with Crippen molar-refractivity contribution >= 4 is 15.9 Å². The highest BCUT2D eigenvalue weighted by molar-refractivity contribution is 7.89. The van der Waals surface area contributed by atoms with Crippen LogP contribution in [0, 0.1) is 0 Å². The van der Waals surface area contributed by atoms with Crippen molar-refractivity contribution in [2.45, 2.75) is 44.7 Å². The third kappa shape index (κ3) is 4.78. The van der Waals surface area contributed by atoms with Crippen molar-refractivity contribution in [1.82, 2.24) is 14.5 Å². The number of hydrogen-bond donors (Lipinski definition) is 1. The van der Waals surface area contributed by atoms with Crippen molar-refractivity contribution < 1.29 is 13.2 Å². The largest absolute Gasteiger partial charge is 0.340 e. The zero-order chi connectivity index (χ0) is 18.0. The highest BCUT2D eigenvalue weighted by Crippen LogP contribution is 2.18. The summed E-state index contributed by atoms with van der Waals surface area (Å²) in [5.74, 6) is -0.0113. The first kappa shape index (κ1) is 18.9. The molecular weight excluding hydrogens is 326 g/mol. The molecule has 134 valence electrons. The summed E-state index contributed by atoms with van der Waals surface area (Å²) >= 11 is 0. The van der Waals surface area contributed by atoms with Crippen LogP contribution >= 0.6 is 0 Å². The molecule has 1 amide bonds. The summed E-state index contributed by atoms with van der Waals surface area (Å²) in [6.07, 6.45) is 0. The molecule has 0 atom stereocenters. The second kappa shape index (κ2) is 7.21. The fourth-order valence-electron chi connectivity index (χ4n) is 2.54. The smallest absolute Gasteiger partial charge is 0.243 e. The minimum atomic E-state index is -3.50. The molecule has 0 bridgehead atoms. The number of nitrogens with zero attached hydrogens (tertiary/aromatic N) is 2. The normalized spacial score (nSPS) is 17.1. The van der Waals surface area contributed by atoms with E-state index in [0.717, 1.165) is 5.56 Å². The fraction of sp³-hybridized carbons (Fsp3) is 0.588. The topological polar surface area (TPSA) is 69.7 Å². The molecule has 0 radical (unpaired) electrons. The van der Waals surface area contributed by atoms with Crippen LogP contribution in [0.25, 0.3) is 0 Å². The summed E-state index contributed by atoms with van der Waals surface area (Å²) in [6.45, 7) is 10.1. The standard InChI is InChI=1S/C17H27N3O3S/c1-14(21)19-9-11-20(12-10-19)24(22,23)16-7-5-15(6-8-16)13-18-17(2,3)4/h5-8,18H,9-13H2,1-4H3. The molecule has 1 aromatic rings. The number of carbonyl (C=O) groups excluding carboxylic acids is 1. The first-order chi connectivity index (χ1) is 11.1. The number of nitrogens with one attached hydrogen (secondary N) is 1. The molecule has 1 saturated heterocycles. The lowest BCUT2D eigenvalue weighted by atomic mass is 10.1. The molecule has 1 fully saturated rings. The molecule has 24 heavy (non-hydrogen) atoms. The lowest BCUT2D eigenvalue weighted by Gasteiger charge is -2.33. The zero-order valence-electron chi connectivity index (χ0n) is 14.9. The van der Waals surface area contributed by atoms with E-state index in [9.17, 15) is 13.2 Å². The van der Waals surface area contributed by atoms with Gasteiger partial charge in [-0.2, -0.15) is 4.31 Å². The van der Waals surface area contributed by atoms with Crippen LogP contribution in [0.3, 0.4) is 0 Å². The van der Waals surface area contributed by atoms with E-state index in [1.54, 1.807) is 17.0 Å². The van der Waals surface area contributed by atoms with Gasteiger partial charge in [0.05, 0.1) is 4.90 Å². The SMILES string of the molecule is CC(=O)N1CCN(S(=O)(=O)c2ccc(CNC(C)(C)C)cc2)CC1. The Balaban J connectivity index is 2.03. The van der Waals surface area contributed by atoms with Crippen LogP contribution in [-0.2, 0) is 21.4 Å². The lowest BCUT2D eigenvalue weighted by Crippen LogP contribution is -2.49. The summed E-state index contributed by atoms with van der Waals surface area (Å²) in [4.78, 5) is 13.3. The van der Waals surface area contributed by atoms with E-state index in [-0.39, 0.29) is 11.4 Å². The Morgan fingerprint density at radius 2 is 1.62 bits per heavy atom. The summed E-state index contributed by atoms with van der Waals surface area (Å²) in [5, 5.41) is 3.38. The van der Waals surface area contributed by atoms with Gasteiger partial charge >= 0.3 is 0 Å². The third-order valence-corrected chi connectivity index (χ3v) is 5.98. The number of hydrogen-bond acceptors (Lipinski definition) is 4. The Morgan fingerprint density at radius 3 is 2.08 bits per heavy atom. The van der Waals surface area contributed by atoms with Crippen molar-refractivity contribution in [2.75, 3.05) is 26.2 Å². The monoisotopic (exact) mass is 353 g/mol. The van der Waals surface area contributed by atoms with Gasteiger partial charge in [-0.25, -0.2) is 8.42 Å². The average Bonchev–Trinajstić information content (AvgIpc) is 2.52.